The van der Waals surface area contributed by atoms with Crippen LogP contribution in [0.25, 0.3) is 0 Å². The van der Waals surface area contributed by atoms with Gasteiger partial charge in [-0.25, -0.2) is 4.79 Å². The van der Waals surface area contributed by atoms with E-state index in [9.17, 15) is 29.1 Å². The van der Waals surface area contributed by atoms with Crippen LogP contribution >= 0.6 is 0 Å². The van der Waals surface area contributed by atoms with Crippen LogP contribution in [-0.4, -0.2) is 71.1 Å². The number of carbonyl (C=O) groups excluding carboxylic acids is 4. The minimum absolute atomic E-state index is 0.151. The maximum atomic E-state index is 12.0. The van der Waals surface area contributed by atoms with Crippen LogP contribution in [0.3, 0.4) is 0 Å². The van der Waals surface area contributed by atoms with Gasteiger partial charge in [0.05, 0.1) is 25.6 Å². The molecule has 0 saturated heterocycles. The van der Waals surface area contributed by atoms with Crippen molar-refractivity contribution in [3.63, 3.8) is 0 Å². The molecule has 0 spiro atoms. The molecule has 0 aliphatic carbocycles. The number of primary amides is 1. The summed E-state index contributed by atoms with van der Waals surface area (Å²) in [6.45, 7) is 2.37. The summed E-state index contributed by atoms with van der Waals surface area (Å²) in [6, 6.07) is -3.72. The summed E-state index contributed by atoms with van der Waals surface area (Å²) >= 11 is 0. The number of rotatable bonds is 12. The quantitative estimate of drug-likeness (QED) is 0.176. The predicted octanol–water partition coefficient (Wildman–Crippen LogP) is -3.60. The van der Waals surface area contributed by atoms with Crippen molar-refractivity contribution >= 4 is 29.6 Å². The Bertz CT molecular complexity index is 567. The highest BCUT2D eigenvalue weighted by Gasteiger charge is 2.25. The molecule has 0 aliphatic heterocycles. The smallest absolute Gasteiger partial charge is 0.326 e. The molecular formula is C15H27N5O7. The number of carboxylic acid groups (broad SMARTS) is 1. The molecule has 12 nitrogen and oxygen atoms in total. The van der Waals surface area contributed by atoms with Crippen LogP contribution in [0.5, 0.6) is 0 Å². The first-order valence-corrected chi connectivity index (χ1v) is 8.22. The number of nitrogens with two attached hydrogens (primary N) is 2. The zero-order valence-electron chi connectivity index (χ0n) is 15.2. The summed E-state index contributed by atoms with van der Waals surface area (Å²) < 4.78 is 0. The van der Waals surface area contributed by atoms with Crippen LogP contribution in [0.15, 0.2) is 0 Å². The van der Waals surface area contributed by atoms with Crippen molar-refractivity contribution < 1.29 is 34.2 Å². The Morgan fingerprint density at radius 1 is 1.00 bits per heavy atom. The monoisotopic (exact) mass is 389 g/mol. The van der Waals surface area contributed by atoms with Crippen molar-refractivity contribution in [3.05, 3.63) is 0 Å². The van der Waals surface area contributed by atoms with Crippen LogP contribution in [0, 0.1) is 5.92 Å². The average molecular weight is 389 g/mol. The third-order valence-electron chi connectivity index (χ3n) is 3.34. The van der Waals surface area contributed by atoms with Gasteiger partial charge in [-0.2, -0.15) is 0 Å². The normalized spacial score (nSPS) is 14.0. The zero-order valence-corrected chi connectivity index (χ0v) is 15.2. The van der Waals surface area contributed by atoms with E-state index in [4.69, 9.17) is 16.6 Å². The fourth-order valence-electron chi connectivity index (χ4n) is 2.02. The molecule has 0 aromatic rings. The minimum atomic E-state index is -1.53. The van der Waals surface area contributed by atoms with E-state index in [2.05, 4.69) is 10.6 Å². The molecule has 9 N–H and O–H groups in total. The maximum absolute atomic E-state index is 12.0. The lowest BCUT2D eigenvalue weighted by atomic mass is 10.0. The molecule has 3 unspecified atom stereocenters. The molecule has 0 bridgehead atoms. The molecule has 0 fully saturated rings. The van der Waals surface area contributed by atoms with E-state index in [0.29, 0.717) is 6.42 Å². The Kier molecular flexibility index (Phi) is 10.6. The molecule has 0 aromatic heterocycles. The molecule has 0 aromatic carbocycles. The van der Waals surface area contributed by atoms with Crippen LogP contribution in [0.4, 0.5) is 0 Å². The van der Waals surface area contributed by atoms with E-state index in [1.165, 1.54) is 0 Å². The average Bonchev–Trinajstić information content (AvgIpc) is 2.55. The van der Waals surface area contributed by atoms with Gasteiger partial charge in [-0.15, -0.1) is 0 Å². The SMILES string of the molecule is CC(C)CC(N)C(=O)NC(CO)C(=O)NCC(=O)NC(CC(N)=O)C(=O)O. The number of hydrogen-bond acceptors (Lipinski definition) is 7. The number of aliphatic hydroxyl groups is 1. The van der Waals surface area contributed by atoms with Gasteiger partial charge in [0, 0.05) is 0 Å². The molecule has 0 aliphatic rings. The van der Waals surface area contributed by atoms with Gasteiger partial charge in [-0.3, -0.25) is 19.2 Å². The Balaban J connectivity index is 4.58. The lowest BCUT2D eigenvalue weighted by Gasteiger charge is -2.20. The van der Waals surface area contributed by atoms with Gasteiger partial charge in [0.2, 0.25) is 23.6 Å². The second kappa shape index (κ2) is 11.8. The fourth-order valence-corrected chi connectivity index (χ4v) is 2.02. The molecule has 0 heterocycles. The van der Waals surface area contributed by atoms with Crippen LogP contribution in [0.1, 0.15) is 26.7 Å². The molecule has 154 valence electrons. The molecule has 12 heteroatoms. The summed E-state index contributed by atoms with van der Waals surface area (Å²) in [5.74, 6) is -4.62. The fraction of sp³-hybridized carbons (Fsp3) is 0.667. The molecule has 27 heavy (non-hydrogen) atoms. The van der Waals surface area contributed by atoms with E-state index in [0.717, 1.165) is 0 Å². The van der Waals surface area contributed by atoms with Gasteiger partial charge in [-0.05, 0) is 12.3 Å². The number of hydrogen-bond donors (Lipinski definition) is 7. The van der Waals surface area contributed by atoms with Gasteiger partial charge in [-0.1, -0.05) is 13.8 Å². The summed E-state index contributed by atoms with van der Waals surface area (Å²) in [7, 11) is 0. The maximum Gasteiger partial charge on any atom is 0.326 e. The van der Waals surface area contributed by atoms with Gasteiger partial charge in [0.1, 0.15) is 12.1 Å². The van der Waals surface area contributed by atoms with E-state index in [1.54, 1.807) is 0 Å². The molecule has 3 atom stereocenters. The Morgan fingerprint density at radius 2 is 1.59 bits per heavy atom. The van der Waals surface area contributed by atoms with E-state index in [-0.39, 0.29) is 5.92 Å². The van der Waals surface area contributed by atoms with Gasteiger partial charge in [0.25, 0.3) is 0 Å². The van der Waals surface area contributed by atoms with Crippen molar-refractivity contribution in [2.24, 2.45) is 17.4 Å². The van der Waals surface area contributed by atoms with Gasteiger partial charge < -0.3 is 37.6 Å². The first kappa shape index (κ1) is 24.3. The van der Waals surface area contributed by atoms with E-state index in [1.807, 2.05) is 19.2 Å². The number of carboxylic acids is 1. The largest absolute Gasteiger partial charge is 0.480 e. The number of aliphatic carboxylic acids is 1. The zero-order chi connectivity index (χ0) is 21.1. The Labute approximate surface area is 156 Å². The first-order chi connectivity index (χ1) is 12.5. The summed E-state index contributed by atoms with van der Waals surface area (Å²) in [6.07, 6.45) is -0.234. The predicted molar refractivity (Wildman–Crippen MR) is 92.8 cm³/mol. The van der Waals surface area contributed by atoms with Gasteiger partial charge >= 0.3 is 5.97 Å². The highest BCUT2D eigenvalue weighted by Crippen LogP contribution is 2.02. The second-order valence-electron chi connectivity index (χ2n) is 6.33. The van der Waals surface area contributed by atoms with Crippen LogP contribution in [-0.2, 0) is 24.0 Å². The third-order valence-corrected chi connectivity index (χ3v) is 3.34. The first-order valence-electron chi connectivity index (χ1n) is 8.22. The van der Waals surface area contributed by atoms with Crippen molar-refractivity contribution in [1.29, 1.82) is 0 Å². The van der Waals surface area contributed by atoms with Crippen molar-refractivity contribution in [2.45, 2.75) is 44.8 Å². The van der Waals surface area contributed by atoms with Crippen LogP contribution in [0.2, 0.25) is 0 Å². The van der Waals surface area contributed by atoms with E-state index < -0.39 is 67.3 Å². The molecule has 0 saturated carbocycles. The lowest BCUT2D eigenvalue weighted by molar-refractivity contribution is -0.143. The standard InChI is InChI=1S/C15H27N5O7/c1-7(2)3-8(16)13(24)20-10(6-21)14(25)18-5-12(23)19-9(15(26)27)4-11(17)22/h7-10,21H,3-6,16H2,1-2H3,(H2,17,22)(H,18,25)(H,19,23)(H,20,24)(H,26,27). The van der Waals surface area contributed by atoms with Crippen molar-refractivity contribution in [2.75, 3.05) is 13.2 Å². The topological polar surface area (TPSA) is 214 Å². The molecule has 0 radical (unpaired) electrons. The van der Waals surface area contributed by atoms with Crippen LogP contribution < -0.4 is 27.4 Å². The molecule has 0 rings (SSSR count). The number of aliphatic hydroxyl groups excluding tert-OH is 1. The van der Waals surface area contributed by atoms with E-state index >= 15 is 0 Å². The summed E-state index contributed by atoms with van der Waals surface area (Å²) in [4.78, 5) is 57.2. The second-order valence-corrected chi connectivity index (χ2v) is 6.33. The Hall–Kier alpha value is -2.73. The van der Waals surface area contributed by atoms with Gasteiger partial charge in [0.15, 0.2) is 0 Å². The lowest BCUT2D eigenvalue weighted by Crippen LogP contribution is -2.55. The molecule has 4 amide bonds. The minimum Gasteiger partial charge on any atom is -0.480 e. The highest BCUT2D eigenvalue weighted by atomic mass is 16.4. The van der Waals surface area contributed by atoms with Crippen molar-refractivity contribution in [3.8, 4) is 0 Å². The summed E-state index contributed by atoms with van der Waals surface area (Å²) in [5, 5.41) is 24.6. The summed E-state index contributed by atoms with van der Waals surface area (Å²) in [5.41, 5.74) is 10.6. The number of nitrogens with one attached hydrogen (secondary N) is 3. The Morgan fingerprint density at radius 3 is 2.04 bits per heavy atom. The molecular weight excluding hydrogens is 362 g/mol. The highest BCUT2D eigenvalue weighted by molar-refractivity contribution is 5.93. The van der Waals surface area contributed by atoms with Crippen molar-refractivity contribution in [1.82, 2.24) is 16.0 Å². The third kappa shape index (κ3) is 10.1. The number of amides is 4. The number of carbonyl (C=O) groups is 5.